The minimum absolute atomic E-state index is 0.0295. The largest absolute Gasteiger partial charge is 0.348 e. The number of hydrogen-bond donors (Lipinski definition) is 1. The van der Waals surface area contributed by atoms with Gasteiger partial charge in [-0.1, -0.05) is 30.3 Å². The zero-order valence-electron chi connectivity index (χ0n) is 16.5. The first-order chi connectivity index (χ1) is 14.2. The number of aromatic nitrogens is 2. The lowest BCUT2D eigenvalue weighted by molar-refractivity contribution is -0.144. The maximum Gasteiger partial charge on any atom is 0.246 e. The number of piperidine rings is 1. The fourth-order valence-electron chi connectivity index (χ4n) is 4.79. The Morgan fingerprint density at radius 1 is 1.10 bits per heavy atom. The van der Waals surface area contributed by atoms with Crippen molar-refractivity contribution in [1.29, 1.82) is 0 Å². The van der Waals surface area contributed by atoms with Crippen LogP contribution in [0.1, 0.15) is 42.6 Å². The maximum atomic E-state index is 13.0. The first kappa shape index (κ1) is 18.2. The zero-order chi connectivity index (χ0) is 19.8. The number of likely N-dealkylation sites (tertiary alicyclic amines) is 1. The molecule has 2 aliphatic heterocycles. The van der Waals surface area contributed by atoms with Crippen molar-refractivity contribution in [1.82, 2.24) is 19.8 Å². The lowest BCUT2D eigenvalue weighted by atomic mass is 9.78. The highest BCUT2D eigenvalue weighted by molar-refractivity contribution is 5.92. The summed E-state index contributed by atoms with van der Waals surface area (Å²) in [6.45, 7) is 2.02. The molecular formula is C23H26N4O2. The van der Waals surface area contributed by atoms with E-state index in [-0.39, 0.29) is 23.3 Å². The number of fused-ring (bicyclic) bond motifs is 2. The predicted molar refractivity (Wildman–Crippen MR) is 110 cm³/mol. The van der Waals surface area contributed by atoms with Crippen LogP contribution in [0.3, 0.4) is 0 Å². The molecular weight excluding hydrogens is 364 g/mol. The third-order valence-electron chi connectivity index (χ3n) is 6.57. The van der Waals surface area contributed by atoms with E-state index >= 15 is 0 Å². The van der Waals surface area contributed by atoms with Crippen LogP contribution in [-0.4, -0.2) is 51.2 Å². The van der Waals surface area contributed by atoms with Crippen molar-refractivity contribution < 1.29 is 9.59 Å². The molecule has 0 atom stereocenters. The molecule has 3 heterocycles. The summed E-state index contributed by atoms with van der Waals surface area (Å²) < 4.78 is 0. The molecule has 0 bridgehead atoms. The van der Waals surface area contributed by atoms with E-state index < -0.39 is 0 Å². The SMILES string of the molecule is O=C(C=Cc1ccccc1)N1CCC2(CC1)c1nc[nH]c1CCN2C(=O)C1CC1. The third-order valence-corrected chi connectivity index (χ3v) is 6.57. The summed E-state index contributed by atoms with van der Waals surface area (Å²) in [7, 11) is 0. The van der Waals surface area contributed by atoms with E-state index in [9.17, 15) is 9.59 Å². The molecule has 0 radical (unpaired) electrons. The van der Waals surface area contributed by atoms with Crippen LogP contribution in [0, 0.1) is 5.92 Å². The Labute approximate surface area is 170 Å². The summed E-state index contributed by atoms with van der Waals surface area (Å²) in [5.41, 5.74) is 2.81. The Hall–Kier alpha value is -2.89. The van der Waals surface area contributed by atoms with Crippen molar-refractivity contribution in [3.8, 4) is 0 Å². The van der Waals surface area contributed by atoms with Gasteiger partial charge in [0, 0.05) is 43.7 Å². The van der Waals surface area contributed by atoms with Crippen molar-refractivity contribution in [2.75, 3.05) is 19.6 Å². The Kier molecular flexibility index (Phi) is 4.49. The van der Waals surface area contributed by atoms with Crippen LogP contribution in [0.5, 0.6) is 0 Å². The highest BCUT2D eigenvalue weighted by atomic mass is 16.2. The van der Waals surface area contributed by atoms with Crippen LogP contribution < -0.4 is 0 Å². The van der Waals surface area contributed by atoms with E-state index in [1.807, 2.05) is 41.3 Å². The number of H-pyrrole nitrogens is 1. The van der Waals surface area contributed by atoms with Crippen LogP contribution in [0.25, 0.3) is 6.08 Å². The predicted octanol–water partition coefficient (Wildman–Crippen LogP) is 2.74. The highest BCUT2D eigenvalue weighted by Crippen LogP contribution is 2.45. The van der Waals surface area contributed by atoms with Crippen LogP contribution in [0.15, 0.2) is 42.7 Å². The molecule has 29 heavy (non-hydrogen) atoms. The van der Waals surface area contributed by atoms with Gasteiger partial charge in [0.2, 0.25) is 11.8 Å². The summed E-state index contributed by atoms with van der Waals surface area (Å²) in [6, 6.07) is 9.86. The van der Waals surface area contributed by atoms with E-state index in [2.05, 4.69) is 14.9 Å². The number of nitrogens with zero attached hydrogens (tertiary/aromatic N) is 3. The Bertz CT molecular complexity index is 937. The van der Waals surface area contributed by atoms with Gasteiger partial charge in [-0.2, -0.15) is 0 Å². The van der Waals surface area contributed by atoms with E-state index in [1.54, 1.807) is 12.4 Å². The van der Waals surface area contributed by atoms with Crippen LogP contribution in [-0.2, 0) is 21.5 Å². The second-order valence-electron chi connectivity index (χ2n) is 8.34. The summed E-state index contributed by atoms with van der Waals surface area (Å²) in [4.78, 5) is 37.6. The molecule has 1 N–H and O–H groups in total. The summed E-state index contributed by atoms with van der Waals surface area (Å²) in [6.07, 6.45) is 9.60. The minimum Gasteiger partial charge on any atom is -0.348 e. The van der Waals surface area contributed by atoms with Gasteiger partial charge in [0.1, 0.15) is 0 Å². The maximum absolute atomic E-state index is 13.0. The summed E-state index contributed by atoms with van der Waals surface area (Å²) in [5, 5.41) is 0. The molecule has 0 unspecified atom stereocenters. The monoisotopic (exact) mass is 390 g/mol. The number of imidazole rings is 1. The highest BCUT2D eigenvalue weighted by Gasteiger charge is 2.51. The van der Waals surface area contributed by atoms with Gasteiger partial charge in [-0.15, -0.1) is 0 Å². The number of amides is 2. The van der Waals surface area contributed by atoms with Crippen LogP contribution in [0.2, 0.25) is 0 Å². The molecule has 5 rings (SSSR count). The zero-order valence-corrected chi connectivity index (χ0v) is 16.5. The van der Waals surface area contributed by atoms with Gasteiger partial charge in [-0.3, -0.25) is 9.59 Å². The molecule has 6 heteroatoms. The van der Waals surface area contributed by atoms with Crippen molar-refractivity contribution >= 4 is 17.9 Å². The van der Waals surface area contributed by atoms with E-state index in [4.69, 9.17) is 0 Å². The van der Waals surface area contributed by atoms with Crippen molar-refractivity contribution in [3.63, 3.8) is 0 Å². The second-order valence-corrected chi connectivity index (χ2v) is 8.34. The van der Waals surface area contributed by atoms with E-state index in [0.29, 0.717) is 13.1 Å². The average Bonchev–Trinajstić information content (AvgIpc) is 3.50. The Balaban J connectivity index is 1.34. The fourth-order valence-corrected chi connectivity index (χ4v) is 4.79. The quantitative estimate of drug-likeness (QED) is 0.820. The van der Waals surface area contributed by atoms with Gasteiger partial charge < -0.3 is 14.8 Å². The smallest absolute Gasteiger partial charge is 0.246 e. The second kappa shape index (κ2) is 7.17. The topological polar surface area (TPSA) is 69.3 Å². The molecule has 1 aromatic heterocycles. The molecule has 1 saturated carbocycles. The molecule has 6 nitrogen and oxygen atoms in total. The molecule has 1 aliphatic carbocycles. The standard InChI is InChI=1S/C23H26N4O2/c28-20(9-6-17-4-2-1-3-5-17)26-14-11-23(12-15-26)21-19(24-16-25-21)10-13-27(23)22(29)18-7-8-18/h1-6,9,16,18H,7-8,10-15H2,(H,24,25). The van der Waals surface area contributed by atoms with Crippen LogP contribution in [0.4, 0.5) is 0 Å². The van der Waals surface area contributed by atoms with Crippen LogP contribution >= 0.6 is 0 Å². The Morgan fingerprint density at radius 2 is 1.86 bits per heavy atom. The first-order valence-electron chi connectivity index (χ1n) is 10.5. The lowest BCUT2D eigenvalue weighted by Crippen LogP contribution is -2.59. The van der Waals surface area contributed by atoms with E-state index in [0.717, 1.165) is 55.6 Å². The van der Waals surface area contributed by atoms with Gasteiger partial charge in [-0.05, 0) is 37.3 Å². The van der Waals surface area contributed by atoms with Gasteiger partial charge in [0.25, 0.3) is 0 Å². The fraction of sp³-hybridized carbons (Fsp3) is 0.435. The molecule has 1 saturated heterocycles. The van der Waals surface area contributed by atoms with Gasteiger partial charge in [0.05, 0.1) is 17.6 Å². The number of benzene rings is 1. The van der Waals surface area contributed by atoms with Crippen molar-refractivity contribution in [2.24, 2.45) is 5.92 Å². The number of rotatable bonds is 3. The number of carbonyl (C=O) groups excluding carboxylic acids is 2. The summed E-state index contributed by atoms with van der Waals surface area (Å²) >= 11 is 0. The van der Waals surface area contributed by atoms with Gasteiger partial charge in [-0.25, -0.2) is 4.98 Å². The average molecular weight is 390 g/mol. The normalized spacial score (nSPS) is 20.8. The third kappa shape index (κ3) is 3.26. The molecule has 1 spiro atoms. The number of aromatic amines is 1. The Morgan fingerprint density at radius 3 is 2.59 bits per heavy atom. The molecule has 3 aliphatic rings. The number of carbonyl (C=O) groups is 2. The van der Waals surface area contributed by atoms with Crippen molar-refractivity contribution in [2.45, 2.75) is 37.6 Å². The van der Waals surface area contributed by atoms with E-state index in [1.165, 1.54) is 0 Å². The van der Waals surface area contributed by atoms with Gasteiger partial charge >= 0.3 is 0 Å². The molecule has 1 aromatic carbocycles. The number of nitrogens with one attached hydrogen (secondary N) is 1. The molecule has 2 aromatic rings. The van der Waals surface area contributed by atoms with Gasteiger partial charge in [0.15, 0.2) is 0 Å². The lowest BCUT2D eigenvalue weighted by Gasteiger charge is -2.50. The number of hydrogen-bond acceptors (Lipinski definition) is 3. The first-order valence-corrected chi connectivity index (χ1v) is 10.5. The molecule has 150 valence electrons. The van der Waals surface area contributed by atoms with Crippen molar-refractivity contribution in [3.05, 3.63) is 59.7 Å². The summed E-state index contributed by atoms with van der Waals surface area (Å²) in [5.74, 6) is 0.505. The molecule has 2 fully saturated rings. The molecule has 2 amide bonds. The minimum atomic E-state index is -0.368.